The zero-order valence-corrected chi connectivity index (χ0v) is 10.4. The molecule has 2 rings (SSSR count). The highest BCUT2D eigenvalue weighted by atomic mass is 16.7. The molecule has 0 amide bonds. The van der Waals surface area contributed by atoms with Crippen LogP contribution in [0.4, 0.5) is 5.69 Å². The van der Waals surface area contributed by atoms with Crippen molar-refractivity contribution in [1.82, 2.24) is 14.8 Å². The Labute approximate surface area is 106 Å². The zero-order chi connectivity index (χ0) is 12.8. The maximum atomic E-state index is 5.11. The monoisotopic (exact) mass is 248 g/mol. The van der Waals surface area contributed by atoms with Crippen LogP contribution in [0.15, 0.2) is 36.9 Å². The number of methoxy groups -OCH3 is 2. The third kappa shape index (κ3) is 3.06. The molecular weight excluding hydrogens is 232 g/mol. The van der Waals surface area contributed by atoms with E-state index >= 15 is 0 Å². The van der Waals surface area contributed by atoms with E-state index in [0.717, 1.165) is 11.4 Å². The average molecular weight is 248 g/mol. The first-order chi connectivity index (χ1) is 8.83. The fraction of sp³-hybridized carbons (Fsp3) is 0.333. The van der Waals surface area contributed by atoms with Crippen LogP contribution in [0, 0.1) is 0 Å². The summed E-state index contributed by atoms with van der Waals surface area (Å²) in [6.07, 6.45) is 3.06. The van der Waals surface area contributed by atoms with Crippen LogP contribution in [-0.2, 0) is 9.47 Å². The van der Waals surface area contributed by atoms with Crippen LogP contribution in [0.2, 0.25) is 0 Å². The molecule has 1 aromatic heterocycles. The van der Waals surface area contributed by atoms with Gasteiger partial charge in [-0.05, 0) is 18.2 Å². The van der Waals surface area contributed by atoms with Crippen molar-refractivity contribution >= 4 is 5.69 Å². The van der Waals surface area contributed by atoms with Crippen molar-refractivity contribution in [2.75, 3.05) is 26.1 Å². The molecule has 0 saturated heterocycles. The SMILES string of the molecule is COC(CNc1cccc(-n2cnnc2)c1)OC. The van der Waals surface area contributed by atoms with E-state index in [2.05, 4.69) is 15.5 Å². The van der Waals surface area contributed by atoms with Crippen LogP contribution in [-0.4, -0.2) is 41.8 Å². The zero-order valence-electron chi connectivity index (χ0n) is 10.4. The van der Waals surface area contributed by atoms with Gasteiger partial charge in [-0.1, -0.05) is 6.07 Å². The largest absolute Gasteiger partial charge is 0.380 e. The van der Waals surface area contributed by atoms with Gasteiger partial charge in [-0.15, -0.1) is 10.2 Å². The lowest BCUT2D eigenvalue weighted by molar-refractivity contribution is -0.0914. The molecule has 18 heavy (non-hydrogen) atoms. The van der Waals surface area contributed by atoms with Gasteiger partial charge in [-0.2, -0.15) is 0 Å². The molecule has 1 aromatic carbocycles. The summed E-state index contributed by atoms with van der Waals surface area (Å²) in [4.78, 5) is 0. The lowest BCUT2D eigenvalue weighted by Crippen LogP contribution is -2.23. The molecule has 0 aliphatic carbocycles. The molecule has 0 aliphatic rings. The Kier molecular flexibility index (Phi) is 4.27. The molecule has 96 valence electrons. The summed E-state index contributed by atoms with van der Waals surface area (Å²) < 4.78 is 12.1. The molecule has 0 radical (unpaired) electrons. The number of anilines is 1. The van der Waals surface area contributed by atoms with E-state index in [1.807, 2.05) is 28.8 Å². The topological polar surface area (TPSA) is 61.2 Å². The number of nitrogens with one attached hydrogen (secondary N) is 1. The van der Waals surface area contributed by atoms with Crippen molar-refractivity contribution in [3.05, 3.63) is 36.9 Å². The molecule has 1 N–H and O–H groups in total. The van der Waals surface area contributed by atoms with E-state index in [9.17, 15) is 0 Å². The predicted octanol–water partition coefficient (Wildman–Crippen LogP) is 1.30. The fourth-order valence-corrected chi connectivity index (χ4v) is 1.57. The van der Waals surface area contributed by atoms with Gasteiger partial charge in [0.25, 0.3) is 0 Å². The number of nitrogens with zero attached hydrogens (tertiary/aromatic N) is 3. The van der Waals surface area contributed by atoms with Gasteiger partial charge in [0.15, 0.2) is 6.29 Å². The Bertz CT molecular complexity index is 469. The Hall–Kier alpha value is -1.92. The molecule has 0 bridgehead atoms. The maximum Gasteiger partial charge on any atom is 0.173 e. The van der Waals surface area contributed by atoms with Gasteiger partial charge in [-0.3, -0.25) is 4.57 Å². The Morgan fingerprint density at radius 3 is 2.61 bits per heavy atom. The second kappa shape index (κ2) is 6.13. The van der Waals surface area contributed by atoms with Crippen LogP contribution in [0.5, 0.6) is 0 Å². The first-order valence-corrected chi connectivity index (χ1v) is 5.58. The third-order valence-corrected chi connectivity index (χ3v) is 2.56. The molecule has 0 unspecified atom stereocenters. The number of aromatic nitrogens is 3. The Morgan fingerprint density at radius 1 is 1.22 bits per heavy atom. The van der Waals surface area contributed by atoms with Gasteiger partial charge < -0.3 is 14.8 Å². The molecule has 2 aromatic rings. The third-order valence-electron chi connectivity index (χ3n) is 2.56. The quantitative estimate of drug-likeness (QED) is 0.781. The van der Waals surface area contributed by atoms with Crippen molar-refractivity contribution in [1.29, 1.82) is 0 Å². The Morgan fingerprint density at radius 2 is 1.94 bits per heavy atom. The fourth-order valence-electron chi connectivity index (χ4n) is 1.57. The number of hydrogen-bond acceptors (Lipinski definition) is 5. The smallest absolute Gasteiger partial charge is 0.173 e. The molecule has 6 heteroatoms. The van der Waals surface area contributed by atoms with Gasteiger partial charge >= 0.3 is 0 Å². The maximum absolute atomic E-state index is 5.11. The van der Waals surface area contributed by atoms with E-state index in [-0.39, 0.29) is 6.29 Å². The van der Waals surface area contributed by atoms with Gasteiger partial charge in [0, 0.05) is 19.9 Å². The summed E-state index contributed by atoms with van der Waals surface area (Å²) >= 11 is 0. The molecule has 0 spiro atoms. The molecule has 1 heterocycles. The Balaban J connectivity index is 2.04. The standard InChI is InChI=1S/C12H16N4O2/c1-17-12(18-2)7-13-10-4-3-5-11(6-10)16-8-14-15-9-16/h3-6,8-9,12-13H,7H2,1-2H3. The lowest BCUT2D eigenvalue weighted by atomic mass is 10.2. The second-order valence-electron chi connectivity index (χ2n) is 3.70. The van der Waals surface area contributed by atoms with Crippen LogP contribution in [0.1, 0.15) is 0 Å². The van der Waals surface area contributed by atoms with E-state index in [4.69, 9.17) is 9.47 Å². The lowest BCUT2D eigenvalue weighted by Gasteiger charge is -2.15. The second-order valence-corrected chi connectivity index (χ2v) is 3.70. The molecule has 0 fully saturated rings. The van der Waals surface area contributed by atoms with Crippen molar-refractivity contribution in [3.63, 3.8) is 0 Å². The molecule has 0 saturated carbocycles. The summed E-state index contributed by atoms with van der Waals surface area (Å²) in [6.45, 7) is 0.582. The minimum atomic E-state index is -0.261. The molecular formula is C12H16N4O2. The van der Waals surface area contributed by atoms with Crippen molar-refractivity contribution in [2.24, 2.45) is 0 Å². The normalized spacial score (nSPS) is 10.8. The number of ether oxygens (including phenoxy) is 2. The number of rotatable bonds is 6. The van der Waals surface area contributed by atoms with Gasteiger partial charge in [0.05, 0.1) is 12.2 Å². The van der Waals surface area contributed by atoms with Gasteiger partial charge in [0.2, 0.25) is 0 Å². The first kappa shape index (κ1) is 12.5. The molecule has 0 aliphatic heterocycles. The highest BCUT2D eigenvalue weighted by Crippen LogP contribution is 2.14. The van der Waals surface area contributed by atoms with Crippen molar-refractivity contribution in [2.45, 2.75) is 6.29 Å². The van der Waals surface area contributed by atoms with Crippen molar-refractivity contribution in [3.8, 4) is 5.69 Å². The van der Waals surface area contributed by atoms with Gasteiger partial charge in [0.1, 0.15) is 12.7 Å². The minimum Gasteiger partial charge on any atom is -0.380 e. The van der Waals surface area contributed by atoms with Crippen molar-refractivity contribution < 1.29 is 9.47 Å². The summed E-state index contributed by atoms with van der Waals surface area (Å²) in [5.41, 5.74) is 1.98. The molecule has 6 nitrogen and oxygen atoms in total. The van der Waals surface area contributed by atoms with E-state index in [1.54, 1.807) is 26.9 Å². The highest BCUT2D eigenvalue weighted by Gasteiger charge is 2.04. The number of hydrogen-bond donors (Lipinski definition) is 1. The van der Waals surface area contributed by atoms with E-state index in [0.29, 0.717) is 6.54 Å². The van der Waals surface area contributed by atoms with Crippen LogP contribution in [0.25, 0.3) is 5.69 Å². The summed E-state index contributed by atoms with van der Waals surface area (Å²) in [6, 6.07) is 7.94. The first-order valence-electron chi connectivity index (χ1n) is 5.58. The number of benzene rings is 1. The summed E-state index contributed by atoms with van der Waals surface area (Å²) in [5, 5.41) is 10.8. The molecule has 0 atom stereocenters. The summed E-state index contributed by atoms with van der Waals surface area (Å²) in [7, 11) is 3.23. The van der Waals surface area contributed by atoms with Crippen LogP contribution in [0.3, 0.4) is 0 Å². The van der Waals surface area contributed by atoms with E-state index in [1.165, 1.54) is 0 Å². The summed E-state index contributed by atoms with van der Waals surface area (Å²) in [5.74, 6) is 0. The van der Waals surface area contributed by atoms with Crippen LogP contribution < -0.4 is 5.32 Å². The average Bonchev–Trinajstić information content (AvgIpc) is 2.94. The van der Waals surface area contributed by atoms with Crippen LogP contribution >= 0.6 is 0 Å². The highest BCUT2D eigenvalue weighted by molar-refractivity contribution is 5.51. The predicted molar refractivity (Wildman–Crippen MR) is 67.7 cm³/mol. The van der Waals surface area contributed by atoms with E-state index < -0.39 is 0 Å². The minimum absolute atomic E-state index is 0.261. The van der Waals surface area contributed by atoms with Gasteiger partial charge in [-0.25, -0.2) is 0 Å².